The van der Waals surface area contributed by atoms with Crippen LogP contribution in [0.1, 0.15) is 5.56 Å². The summed E-state index contributed by atoms with van der Waals surface area (Å²) >= 11 is 4.76. The van der Waals surface area contributed by atoms with Crippen molar-refractivity contribution in [2.24, 2.45) is 5.10 Å². The fraction of sp³-hybridized carbons (Fsp3) is 0. The Labute approximate surface area is 183 Å². The first-order valence-corrected chi connectivity index (χ1v) is 10.7. The van der Waals surface area contributed by atoms with Gasteiger partial charge in [-0.2, -0.15) is 5.10 Å². The third kappa shape index (κ3) is 3.65. The Morgan fingerprint density at radius 1 is 1.03 bits per heavy atom. The summed E-state index contributed by atoms with van der Waals surface area (Å²) in [6.45, 7) is 0. The number of halogens is 1. The van der Waals surface area contributed by atoms with Crippen molar-refractivity contribution < 1.29 is 4.42 Å². The molecule has 5 nitrogen and oxygen atoms in total. The summed E-state index contributed by atoms with van der Waals surface area (Å²) in [6.07, 6.45) is 3.37. The van der Waals surface area contributed by atoms with Crippen molar-refractivity contribution in [3.63, 3.8) is 0 Å². The topological polar surface area (TPSA) is 67.5 Å². The number of anilines is 1. The molecular weight excluding hydrogens is 462 g/mol. The van der Waals surface area contributed by atoms with Crippen LogP contribution in [0.5, 0.6) is 0 Å². The third-order valence-corrected chi connectivity index (χ3v) is 6.12. The lowest BCUT2D eigenvalue weighted by Gasteiger charge is -2.04. The van der Waals surface area contributed by atoms with E-state index in [9.17, 15) is 4.79 Å². The largest absolute Gasteiger partial charge is 0.422 e. The van der Waals surface area contributed by atoms with Gasteiger partial charge in [-0.25, -0.2) is 9.78 Å². The van der Waals surface area contributed by atoms with Crippen LogP contribution in [-0.4, -0.2) is 11.2 Å². The molecule has 0 radical (unpaired) electrons. The van der Waals surface area contributed by atoms with E-state index in [4.69, 9.17) is 4.42 Å². The predicted molar refractivity (Wildman–Crippen MR) is 126 cm³/mol. The van der Waals surface area contributed by atoms with Gasteiger partial charge in [-0.1, -0.05) is 69.7 Å². The number of fused-ring (bicyclic) bond motifs is 3. The van der Waals surface area contributed by atoms with E-state index in [2.05, 4.69) is 31.4 Å². The summed E-state index contributed by atoms with van der Waals surface area (Å²) in [4.78, 5) is 17.6. The molecule has 3 aromatic carbocycles. The number of aromatic nitrogens is 1. The molecule has 2 heterocycles. The number of thiazole rings is 1. The van der Waals surface area contributed by atoms with Crippen molar-refractivity contribution in [2.45, 2.75) is 0 Å². The second-order valence-electron chi connectivity index (χ2n) is 6.60. The number of hydrogen-bond acceptors (Lipinski definition) is 6. The van der Waals surface area contributed by atoms with Crippen LogP contribution in [0.15, 0.2) is 91.7 Å². The number of hydrogen-bond donors (Lipinski definition) is 1. The van der Waals surface area contributed by atoms with E-state index >= 15 is 0 Å². The first-order valence-electron chi connectivity index (χ1n) is 9.14. The fourth-order valence-electron chi connectivity index (χ4n) is 3.20. The predicted octanol–water partition coefficient (Wildman–Crippen LogP) is 6.28. The monoisotopic (exact) mass is 475 g/mol. The van der Waals surface area contributed by atoms with Gasteiger partial charge in [0.25, 0.3) is 0 Å². The Hall–Kier alpha value is -3.29. The molecule has 1 N–H and O–H groups in total. The molecule has 0 spiro atoms. The highest BCUT2D eigenvalue weighted by atomic mass is 79.9. The van der Waals surface area contributed by atoms with Gasteiger partial charge in [-0.15, -0.1) is 0 Å². The molecule has 0 atom stereocenters. The molecule has 0 aliphatic carbocycles. The molecule has 0 unspecified atom stereocenters. The summed E-state index contributed by atoms with van der Waals surface area (Å²) < 4.78 is 6.60. The Balaban J connectivity index is 1.46. The number of nitrogens with zero attached hydrogens (tertiary/aromatic N) is 2. The highest BCUT2D eigenvalue weighted by molar-refractivity contribution is 9.10. The Kier molecular flexibility index (Phi) is 4.90. The van der Waals surface area contributed by atoms with Crippen LogP contribution in [0.3, 0.4) is 0 Å². The molecule has 0 bridgehead atoms. The molecule has 0 saturated carbocycles. The van der Waals surface area contributed by atoms with Gasteiger partial charge in [0.2, 0.25) is 5.13 Å². The zero-order valence-corrected chi connectivity index (χ0v) is 17.9. The van der Waals surface area contributed by atoms with E-state index in [1.807, 2.05) is 66.7 Å². The standard InChI is InChI=1S/C23H14BrN3O2S/c24-16-8-5-14(6-9-16)12-26-27-23-25-13-21(30-23)19-11-18-17-4-2-1-3-15(17)7-10-20(18)29-22(19)28/h1-13H,(H,25,27). The summed E-state index contributed by atoms with van der Waals surface area (Å²) in [7, 11) is 0. The van der Waals surface area contributed by atoms with Gasteiger partial charge in [-0.05, 0) is 40.6 Å². The smallest absolute Gasteiger partial charge is 0.345 e. The highest BCUT2D eigenvalue weighted by Gasteiger charge is 2.13. The molecule has 0 amide bonds. The quantitative estimate of drug-likeness (QED) is 0.144. The maximum atomic E-state index is 12.6. The second-order valence-corrected chi connectivity index (χ2v) is 8.54. The average molecular weight is 476 g/mol. The average Bonchev–Trinajstić information content (AvgIpc) is 3.23. The Bertz CT molecular complexity index is 1460. The van der Waals surface area contributed by atoms with Gasteiger partial charge in [0.1, 0.15) is 5.58 Å². The van der Waals surface area contributed by atoms with Crippen molar-refractivity contribution in [2.75, 3.05) is 5.43 Å². The summed E-state index contributed by atoms with van der Waals surface area (Å²) in [6, 6.07) is 21.5. The Morgan fingerprint density at radius 3 is 2.73 bits per heavy atom. The number of benzene rings is 3. The number of nitrogens with one attached hydrogen (secondary N) is 1. The van der Waals surface area contributed by atoms with Crippen molar-refractivity contribution in [1.82, 2.24) is 4.98 Å². The molecular formula is C23H14BrN3O2S. The zero-order valence-electron chi connectivity index (χ0n) is 15.5. The van der Waals surface area contributed by atoms with Gasteiger partial charge >= 0.3 is 5.63 Å². The minimum atomic E-state index is -0.383. The maximum absolute atomic E-state index is 12.6. The number of hydrazone groups is 1. The lowest BCUT2D eigenvalue weighted by Crippen LogP contribution is -2.01. The second kappa shape index (κ2) is 7.85. The molecule has 0 aliphatic heterocycles. The van der Waals surface area contributed by atoms with E-state index in [0.717, 1.165) is 31.1 Å². The summed E-state index contributed by atoms with van der Waals surface area (Å²) in [5.41, 5.74) is 4.56. The van der Waals surface area contributed by atoms with E-state index in [0.29, 0.717) is 16.3 Å². The molecule has 5 aromatic rings. The molecule has 0 saturated heterocycles. The molecule has 0 aliphatic rings. The first-order chi connectivity index (χ1) is 14.7. The molecule has 7 heteroatoms. The maximum Gasteiger partial charge on any atom is 0.345 e. The molecule has 0 fully saturated rings. The third-order valence-electron chi connectivity index (χ3n) is 4.66. The van der Waals surface area contributed by atoms with Crippen LogP contribution >= 0.6 is 27.3 Å². The molecule has 30 heavy (non-hydrogen) atoms. The normalized spacial score (nSPS) is 11.5. The van der Waals surface area contributed by atoms with Crippen LogP contribution in [0.25, 0.3) is 32.2 Å². The van der Waals surface area contributed by atoms with E-state index in [1.54, 1.807) is 12.4 Å². The van der Waals surface area contributed by atoms with Crippen molar-refractivity contribution in [3.8, 4) is 10.4 Å². The van der Waals surface area contributed by atoms with Gasteiger partial charge < -0.3 is 4.42 Å². The first kappa shape index (κ1) is 18.7. The SMILES string of the molecule is O=c1oc2ccc3ccccc3c2cc1-c1cnc(NN=Cc2ccc(Br)cc2)s1. The lowest BCUT2D eigenvalue weighted by atomic mass is 10.0. The van der Waals surface area contributed by atoms with E-state index < -0.39 is 0 Å². The minimum Gasteiger partial charge on any atom is -0.422 e. The number of rotatable bonds is 4. The van der Waals surface area contributed by atoms with Gasteiger partial charge in [-0.3, -0.25) is 5.43 Å². The molecule has 146 valence electrons. The van der Waals surface area contributed by atoms with Crippen LogP contribution in [0, 0.1) is 0 Å². The van der Waals surface area contributed by atoms with Crippen molar-refractivity contribution in [1.29, 1.82) is 0 Å². The molecule has 2 aromatic heterocycles. The van der Waals surface area contributed by atoms with E-state index in [-0.39, 0.29) is 5.63 Å². The Morgan fingerprint density at radius 2 is 1.87 bits per heavy atom. The van der Waals surface area contributed by atoms with Crippen molar-refractivity contribution in [3.05, 3.63) is 93.4 Å². The lowest BCUT2D eigenvalue weighted by molar-refractivity contribution is 0.564. The zero-order chi connectivity index (χ0) is 20.5. The van der Waals surface area contributed by atoms with Crippen LogP contribution in [0.2, 0.25) is 0 Å². The highest BCUT2D eigenvalue weighted by Crippen LogP contribution is 2.31. The van der Waals surface area contributed by atoms with Gasteiger partial charge in [0.15, 0.2) is 0 Å². The fourth-order valence-corrected chi connectivity index (χ4v) is 4.24. The van der Waals surface area contributed by atoms with Crippen LogP contribution in [0.4, 0.5) is 5.13 Å². The van der Waals surface area contributed by atoms with Gasteiger partial charge in [0.05, 0.1) is 16.7 Å². The molecule has 5 rings (SSSR count). The van der Waals surface area contributed by atoms with E-state index in [1.165, 1.54) is 11.3 Å². The van der Waals surface area contributed by atoms with Gasteiger partial charge in [0, 0.05) is 16.1 Å². The van der Waals surface area contributed by atoms with Crippen molar-refractivity contribution >= 4 is 60.4 Å². The summed E-state index contributed by atoms with van der Waals surface area (Å²) in [5.74, 6) is 0. The summed E-state index contributed by atoms with van der Waals surface area (Å²) in [5, 5.41) is 7.85. The minimum absolute atomic E-state index is 0.383. The van der Waals surface area contributed by atoms with Crippen LogP contribution in [-0.2, 0) is 0 Å². The van der Waals surface area contributed by atoms with Crippen LogP contribution < -0.4 is 11.1 Å².